The molecule has 0 aromatic heterocycles. The van der Waals surface area contributed by atoms with Crippen molar-refractivity contribution in [3.8, 4) is 0 Å². The predicted molar refractivity (Wildman–Crippen MR) is 43.9 cm³/mol. The van der Waals surface area contributed by atoms with E-state index in [-0.39, 0.29) is 122 Å². The Morgan fingerprint density at radius 1 is 1.29 bits per heavy atom. The number of aliphatic hydroxyl groups excluding tert-OH is 1. The predicted octanol–water partition coefficient (Wildman–Crippen LogP) is -10.3. The zero-order chi connectivity index (χ0) is 12.1. The molecule has 88 valence electrons. The third-order valence-corrected chi connectivity index (χ3v) is 2.05. The molecule has 2 unspecified atom stereocenters. The summed E-state index contributed by atoms with van der Waals surface area (Å²) < 4.78 is 0. The number of carbonyl (C=O) groups is 2. The number of carboxylic acid groups (broad SMARTS) is 2. The Morgan fingerprint density at radius 3 is 2.06 bits per heavy atom. The minimum absolute atomic E-state index is 0. The van der Waals surface area contributed by atoms with E-state index in [4.69, 9.17) is 10.8 Å². The van der Waals surface area contributed by atoms with Crippen LogP contribution in [0, 0.1) is 0 Å². The van der Waals surface area contributed by atoms with Gasteiger partial charge < -0.3 is 35.7 Å². The maximum atomic E-state index is 10.4. The summed E-state index contributed by atoms with van der Waals surface area (Å²) in [6.45, 7) is -0.990. The Bertz CT molecular complexity index is 252. The number of rotatable bonds is 7. The molecule has 17 heavy (non-hydrogen) atoms. The third-order valence-electron chi connectivity index (χ3n) is 2.05. The molecule has 0 radical (unpaired) electrons. The molecule has 9 heteroatoms. The first kappa shape index (κ1) is 24.1. The summed E-state index contributed by atoms with van der Waals surface area (Å²) in [7, 11) is 0. The Labute approximate surface area is 184 Å². The van der Waals surface area contributed by atoms with Crippen molar-refractivity contribution >= 4 is 11.9 Å². The topological polar surface area (TPSA) is 147 Å². The molecular formula is C8H13K2NO6. The van der Waals surface area contributed by atoms with Crippen LogP contribution in [0.15, 0.2) is 0 Å². The van der Waals surface area contributed by atoms with E-state index in [2.05, 4.69) is 0 Å². The quantitative estimate of drug-likeness (QED) is 0.395. The number of carbonyl (C=O) groups excluding carboxylic acids is 2. The summed E-state index contributed by atoms with van der Waals surface area (Å²) in [4.78, 5) is 20.6. The molecule has 0 aromatic carbocycles. The number of aliphatic hydroxyl groups is 2. The average Bonchev–Trinajstić information content (AvgIpc) is 2.16. The van der Waals surface area contributed by atoms with E-state index in [0.29, 0.717) is 0 Å². The largest absolute Gasteiger partial charge is 1.00 e. The standard InChI is InChI=1S/C8H15NO6.2K/c9-5(6(11)12)2-1-3-8(15,4-10)7(13)14;;/h5,10,15H,1-4,9H2,(H,11,12)(H,13,14);;/q;2*+1/p-2. The number of carboxylic acids is 2. The normalized spacial score (nSPS) is 14.8. The average molecular weight is 297 g/mol. The molecule has 0 saturated heterocycles. The smallest absolute Gasteiger partial charge is 0.548 e. The van der Waals surface area contributed by atoms with Gasteiger partial charge in [0.2, 0.25) is 0 Å². The van der Waals surface area contributed by atoms with Crippen LogP contribution in [0.25, 0.3) is 0 Å². The van der Waals surface area contributed by atoms with Gasteiger partial charge in [-0.1, -0.05) is 0 Å². The van der Waals surface area contributed by atoms with Crippen molar-refractivity contribution in [1.82, 2.24) is 0 Å². The Morgan fingerprint density at radius 2 is 1.76 bits per heavy atom. The molecule has 0 aliphatic carbocycles. The zero-order valence-electron chi connectivity index (χ0n) is 10.0. The summed E-state index contributed by atoms with van der Waals surface area (Å²) in [6, 6.07) is -1.21. The van der Waals surface area contributed by atoms with Crippen LogP contribution in [0.2, 0.25) is 0 Å². The van der Waals surface area contributed by atoms with E-state index in [1.54, 1.807) is 0 Å². The Hall–Kier alpha value is 2.09. The minimum Gasteiger partial charge on any atom is -0.548 e. The van der Waals surface area contributed by atoms with Gasteiger partial charge >= 0.3 is 103 Å². The van der Waals surface area contributed by atoms with Crippen LogP contribution < -0.4 is 119 Å². The molecule has 0 aliphatic rings. The molecule has 4 N–H and O–H groups in total. The molecule has 0 bridgehead atoms. The molecule has 2 atom stereocenters. The first-order valence-corrected chi connectivity index (χ1v) is 4.34. The van der Waals surface area contributed by atoms with Crippen molar-refractivity contribution in [2.24, 2.45) is 5.73 Å². The SMILES string of the molecule is NC(CCCC(O)(CO)C(=O)[O-])C(=O)[O-].[K+].[K+]. The third kappa shape index (κ3) is 9.60. The summed E-state index contributed by atoms with van der Waals surface area (Å²) >= 11 is 0. The molecule has 0 saturated carbocycles. The number of hydrogen-bond acceptors (Lipinski definition) is 7. The van der Waals surface area contributed by atoms with Gasteiger partial charge in [0.15, 0.2) is 0 Å². The maximum absolute atomic E-state index is 10.4. The van der Waals surface area contributed by atoms with Crippen molar-refractivity contribution in [3.05, 3.63) is 0 Å². The van der Waals surface area contributed by atoms with Crippen LogP contribution in [-0.4, -0.2) is 40.4 Å². The van der Waals surface area contributed by atoms with E-state index in [1.165, 1.54) is 0 Å². The molecule has 0 heterocycles. The van der Waals surface area contributed by atoms with Gasteiger partial charge in [-0.25, -0.2) is 0 Å². The van der Waals surface area contributed by atoms with E-state index < -0.39 is 30.2 Å². The zero-order valence-corrected chi connectivity index (χ0v) is 16.3. The van der Waals surface area contributed by atoms with Gasteiger partial charge in [-0.15, -0.1) is 0 Å². The van der Waals surface area contributed by atoms with Crippen LogP contribution >= 0.6 is 0 Å². The second-order valence-corrected chi connectivity index (χ2v) is 3.29. The van der Waals surface area contributed by atoms with Gasteiger partial charge in [-0.3, -0.25) is 0 Å². The van der Waals surface area contributed by atoms with Gasteiger partial charge in [0.05, 0.1) is 18.5 Å². The van der Waals surface area contributed by atoms with E-state index in [0.717, 1.165) is 0 Å². The first-order valence-electron chi connectivity index (χ1n) is 4.34. The van der Waals surface area contributed by atoms with Gasteiger partial charge in [-0.05, 0) is 19.3 Å². The van der Waals surface area contributed by atoms with E-state index in [9.17, 15) is 24.9 Å². The second-order valence-electron chi connectivity index (χ2n) is 3.29. The molecule has 0 spiro atoms. The monoisotopic (exact) mass is 297 g/mol. The number of nitrogens with two attached hydrogens (primary N) is 1. The van der Waals surface area contributed by atoms with Crippen molar-refractivity contribution in [1.29, 1.82) is 0 Å². The van der Waals surface area contributed by atoms with Crippen LogP contribution in [0.5, 0.6) is 0 Å². The van der Waals surface area contributed by atoms with Crippen molar-refractivity contribution in [2.45, 2.75) is 30.9 Å². The number of hydrogen-bond donors (Lipinski definition) is 3. The summed E-state index contributed by atoms with van der Waals surface area (Å²) in [5.41, 5.74) is 2.75. The molecule has 0 rings (SSSR count). The fourth-order valence-corrected chi connectivity index (χ4v) is 0.978. The molecular weight excluding hydrogens is 284 g/mol. The molecule has 0 aliphatic heterocycles. The Kier molecular flexibility index (Phi) is 16.9. The van der Waals surface area contributed by atoms with E-state index >= 15 is 0 Å². The van der Waals surface area contributed by atoms with E-state index in [1.807, 2.05) is 0 Å². The van der Waals surface area contributed by atoms with Gasteiger partial charge in [0, 0.05) is 6.04 Å². The molecule has 0 aromatic rings. The number of aliphatic carboxylic acids is 2. The summed E-state index contributed by atoms with van der Waals surface area (Å²) in [5, 5.41) is 38.4. The second kappa shape index (κ2) is 11.9. The summed E-state index contributed by atoms with van der Waals surface area (Å²) in [5.74, 6) is -3.25. The molecule has 0 amide bonds. The summed E-state index contributed by atoms with van der Waals surface area (Å²) in [6.07, 6.45) is -0.342. The van der Waals surface area contributed by atoms with Gasteiger partial charge in [0.25, 0.3) is 0 Å². The van der Waals surface area contributed by atoms with Crippen molar-refractivity contribution < 1.29 is 133 Å². The minimum atomic E-state index is -2.34. The molecule has 7 nitrogen and oxygen atoms in total. The fourth-order valence-electron chi connectivity index (χ4n) is 0.978. The van der Waals surface area contributed by atoms with Gasteiger partial charge in [-0.2, -0.15) is 0 Å². The van der Waals surface area contributed by atoms with Crippen LogP contribution in [-0.2, 0) is 9.59 Å². The van der Waals surface area contributed by atoms with Crippen molar-refractivity contribution in [3.63, 3.8) is 0 Å². The van der Waals surface area contributed by atoms with Crippen LogP contribution in [0.4, 0.5) is 0 Å². The maximum Gasteiger partial charge on any atom is 1.00 e. The Balaban J connectivity index is -0.000000980. The van der Waals surface area contributed by atoms with Crippen LogP contribution in [0.1, 0.15) is 19.3 Å². The first-order chi connectivity index (χ1) is 6.83. The fraction of sp³-hybridized carbons (Fsp3) is 0.750. The van der Waals surface area contributed by atoms with Crippen molar-refractivity contribution in [2.75, 3.05) is 6.61 Å². The molecule has 0 fully saturated rings. The van der Waals surface area contributed by atoms with Crippen LogP contribution in [0.3, 0.4) is 0 Å². The van der Waals surface area contributed by atoms with Gasteiger partial charge in [0.1, 0.15) is 5.60 Å².